The average Bonchev–Trinajstić information content (AvgIpc) is 2.77. The van der Waals surface area contributed by atoms with Gasteiger partial charge >= 0.3 is 0 Å². The number of hydrogen-bond acceptors (Lipinski definition) is 0. The third kappa shape index (κ3) is 3.87. The Balaban J connectivity index is 0.00000240. The lowest BCUT2D eigenvalue weighted by Crippen LogP contribution is -3.00. The van der Waals surface area contributed by atoms with E-state index in [1.54, 1.807) is 0 Å². The van der Waals surface area contributed by atoms with Crippen molar-refractivity contribution in [2.75, 3.05) is 0 Å². The minimum atomic E-state index is -2.06. The molecule has 0 N–H and O–H groups in total. The molecule has 146 valence electrons. The standard InChI is InChI=1S/C26H23BrP.BrH/c1-26(27,22-14-6-2-7-15-22)28(23-16-8-3-9-17-23,24-18-10-4-11-19-24)25-20-12-5-13-21-25;/h2-21H,1H3;1H/q+1;/p-1. The van der Waals surface area contributed by atoms with E-state index in [2.05, 4.69) is 144 Å². The molecule has 1 unspecified atom stereocenters. The molecule has 0 aromatic heterocycles. The van der Waals surface area contributed by atoms with E-state index in [1.165, 1.54) is 21.5 Å². The average molecular weight is 526 g/mol. The Morgan fingerprint density at radius 1 is 0.517 bits per heavy atom. The van der Waals surface area contributed by atoms with Crippen LogP contribution in [0, 0.1) is 0 Å². The highest BCUT2D eigenvalue weighted by molar-refractivity contribution is 9.11. The summed E-state index contributed by atoms with van der Waals surface area (Å²) in [5.41, 5.74) is 1.29. The Kier molecular flexibility index (Phi) is 7.11. The van der Waals surface area contributed by atoms with Crippen LogP contribution in [-0.4, -0.2) is 0 Å². The lowest BCUT2D eigenvalue weighted by Gasteiger charge is -2.39. The van der Waals surface area contributed by atoms with Crippen LogP contribution in [0.3, 0.4) is 0 Å². The predicted octanol–water partition coefficient (Wildman–Crippen LogP) is 3.25. The largest absolute Gasteiger partial charge is 1.00 e. The van der Waals surface area contributed by atoms with E-state index < -0.39 is 7.26 Å². The van der Waals surface area contributed by atoms with Crippen LogP contribution in [0.4, 0.5) is 0 Å². The zero-order valence-electron chi connectivity index (χ0n) is 16.3. The number of rotatable bonds is 5. The molecule has 29 heavy (non-hydrogen) atoms. The number of alkyl halides is 1. The highest BCUT2D eigenvalue weighted by Crippen LogP contribution is 2.72. The molecule has 0 aliphatic rings. The van der Waals surface area contributed by atoms with Gasteiger partial charge in [-0.15, -0.1) is 0 Å². The van der Waals surface area contributed by atoms with Crippen molar-refractivity contribution < 1.29 is 17.0 Å². The van der Waals surface area contributed by atoms with Gasteiger partial charge in [0.25, 0.3) is 0 Å². The molecule has 0 aliphatic heterocycles. The third-order valence-electron chi connectivity index (χ3n) is 5.36. The van der Waals surface area contributed by atoms with Crippen molar-refractivity contribution >= 4 is 39.1 Å². The van der Waals surface area contributed by atoms with Crippen LogP contribution in [0.1, 0.15) is 12.5 Å². The maximum absolute atomic E-state index is 4.27. The van der Waals surface area contributed by atoms with Gasteiger partial charge in [0.15, 0.2) is 4.07 Å². The summed E-state index contributed by atoms with van der Waals surface area (Å²) >= 11 is 4.27. The summed E-state index contributed by atoms with van der Waals surface area (Å²) in [5.74, 6) is 0. The molecule has 0 heterocycles. The maximum Gasteiger partial charge on any atom is 0.169 e. The molecule has 4 rings (SSSR count). The summed E-state index contributed by atoms with van der Waals surface area (Å²) in [6, 6.07) is 43.8. The van der Waals surface area contributed by atoms with Gasteiger partial charge in [0, 0.05) is 5.56 Å². The van der Waals surface area contributed by atoms with Crippen LogP contribution in [0.15, 0.2) is 121 Å². The summed E-state index contributed by atoms with van der Waals surface area (Å²) in [6.07, 6.45) is 0. The minimum Gasteiger partial charge on any atom is -1.00 e. The Hall–Kier alpha value is -1.73. The van der Waals surface area contributed by atoms with Crippen molar-refractivity contribution in [2.24, 2.45) is 0 Å². The Morgan fingerprint density at radius 2 is 0.793 bits per heavy atom. The van der Waals surface area contributed by atoms with Crippen LogP contribution in [-0.2, 0) is 4.07 Å². The molecule has 4 aromatic carbocycles. The van der Waals surface area contributed by atoms with Gasteiger partial charge < -0.3 is 17.0 Å². The molecule has 0 nitrogen and oxygen atoms in total. The fourth-order valence-corrected chi connectivity index (χ4v) is 10.9. The third-order valence-corrected chi connectivity index (χ3v) is 12.2. The molecular formula is C26H23Br2P. The van der Waals surface area contributed by atoms with Gasteiger partial charge in [0.2, 0.25) is 0 Å². The fraction of sp³-hybridized carbons (Fsp3) is 0.0769. The number of halogens is 2. The summed E-state index contributed by atoms with van der Waals surface area (Å²) in [5, 5.41) is 4.11. The van der Waals surface area contributed by atoms with Crippen LogP contribution in [0.5, 0.6) is 0 Å². The molecule has 4 aromatic rings. The monoisotopic (exact) mass is 524 g/mol. The van der Waals surface area contributed by atoms with Gasteiger partial charge in [0.1, 0.15) is 23.2 Å². The highest BCUT2D eigenvalue weighted by Gasteiger charge is 2.59. The molecule has 0 saturated carbocycles. The first-order valence-corrected chi connectivity index (χ1v) is 12.1. The van der Waals surface area contributed by atoms with Crippen LogP contribution in [0.2, 0.25) is 0 Å². The summed E-state index contributed by atoms with van der Waals surface area (Å²) in [6.45, 7) is 2.34. The van der Waals surface area contributed by atoms with E-state index in [4.69, 9.17) is 0 Å². The van der Waals surface area contributed by atoms with E-state index in [0.29, 0.717) is 0 Å². The minimum absolute atomic E-state index is 0. The highest BCUT2D eigenvalue weighted by atomic mass is 79.9. The van der Waals surface area contributed by atoms with Crippen molar-refractivity contribution in [1.82, 2.24) is 0 Å². The molecule has 0 fully saturated rings. The summed E-state index contributed by atoms with van der Waals surface area (Å²) < 4.78 is -0.259. The molecule has 0 spiro atoms. The Morgan fingerprint density at radius 3 is 1.10 bits per heavy atom. The van der Waals surface area contributed by atoms with Crippen molar-refractivity contribution in [2.45, 2.75) is 11.0 Å². The second-order valence-corrected chi connectivity index (χ2v) is 13.0. The molecule has 1 atom stereocenters. The van der Waals surface area contributed by atoms with Gasteiger partial charge in [-0.25, -0.2) is 0 Å². The first-order chi connectivity index (χ1) is 13.7. The first kappa shape index (κ1) is 22.0. The number of hydrogen-bond donors (Lipinski definition) is 0. The lowest BCUT2D eigenvalue weighted by atomic mass is 10.2. The van der Waals surface area contributed by atoms with Gasteiger partial charge in [-0.1, -0.05) is 84.9 Å². The van der Waals surface area contributed by atoms with Crippen molar-refractivity contribution in [1.29, 1.82) is 0 Å². The van der Waals surface area contributed by atoms with Gasteiger partial charge in [-0.3, -0.25) is 0 Å². The second-order valence-electron chi connectivity index (χ2n) is 7.00. The van der Waals surface area contributed by atoms with Crippen molar-refractivity contribution in [3.63, 3.8) is 0 Å². The second kappa shape index (κ2) is 9.39. The normalized spacial score (nSPS) is 13.2. The van der Waals surface area contributed by atoms with Gasteiger partial charge in [-0.2, -0.15) is 0 Å². The molecule has 0 amide bonds. The zero-order valence-corrected chi connectivity index (χ0v) is 20.3. The fourth-order valence-electron chi connectivity index (χ4n) is 4.07. The van der Waals surface area contributed by atoms with Crippen LogP contribution in [0.25, 0.3) is 0 Å². The smallest absolute Gasteiger partial charge is 0.169 e. The first-order valence-electron chi connectivity index (χ1n) is 9.48. The Bertz CT molecular complexity index is 921. The van der Waals surface area contributed by atoms with E-state index in [-0.39, 0.29) is 21.0 Å². The number of benzene rings is 4. The topological polar surface area (TPSA) is 0 Å². The van der Waals surface area contributed by atoms with E-state index in [1.807, 2.05) is 0 Å². The molecule has 0 radical (unpaired) electrons. The van der Waals surface area contributed by atoms with E-state index >= 15 is 0 Å². The summed E-state index contributed by atoms with van der Waals surface area (Å²) in [4.78, 5) is 0. The van der Waals surface area contributed by atoms with E-state index in [0.717, 1.165) is 0 Å². The Labute approximate surface area is 193 Å². The molecule has 0 aliphatic carbocycles. The lowest BCUT2D eigenvalue weighted by molar-refractivity contribution is -0.00000530. The van der Waals surface area contributed by atoms with Crippen LogP contribution >= 0.6 is 23.2 Å². The van der Waals surface area contributed by atoms with Gasteiger partial charge in [-0.05, 0) is 59.3 Å². The van der Waals surface area contributed by atoms with Gasteiger partial charge in [0.05, 0.1) is 0 Å². The quantitative estimate of drug-likeness (QED) is 0.277. The van der Waals surface area contributed by atoms with Crippen LogP contribution < -0.4 is 32.9 Å². The SMILES string of the molecule is CC(Br)(c1ccccc1)[P+](c1ccccc1)(c1ccccc1)c1ccccc1.[Br-]. The molecule has 0 bridgehead atoms. The predicted molar refractivity (Wildman–Crippen MR) is 128 cm³/mol. The molecule has 3 heteroatoms. The van der Waals surface area contributed by atoms with Crippen molar-refractivity contribution in [3.05, 3.63) is 127 Å². The maximum atomic E-state index is 4.27. The van der Waals surface area contributed by atoms with Crippen molar-refractivity contribution in [3.8, 4) is 0 Å². The summed E-state index contributed by atoms with van der Waals surface area (Å²) in [7, 11) is -2.06. The van der Waals surface area contributed by atoms with E-state index in [9.17, 15) is 0 Å². The molecular weight excluding hydrogens is 503 g/mol. The molecule has 0 saturated heterocycles. The zero-order chi connectivity index (χ0) is 19.5.